The van der Waals surface area contributed by atoms with Gasteiger partial charge in [-0.1, -0.05) is 31.2 Å². The molecular formula is C10H16O. The molecule has 0 fully saturated rings. The topological polar surface area (TPSA) is 20.2 Å². The van der Waals surface area contributed by atoms with E-state index in [1.165, 1.54) is 0 Å². The van der Waals surface area contributed by atoms with Crippen LogP contribution in [0.25, 0.3) is 0 Å². The van der Waals surface area contributed by atoms with Gasteiger partial charge in [0.05, 0.1) is 0 Å². The molecule has 0 radical (unpaired) electrons. The van der Waals surface area contributed by atoms with Gasteiger partial charge in [-0.05, 0) is 25.7 Å². The van der Waals surface area contributed by atoms with Crippen LogP contribution < -0.4 is 0 Å². The van der Waals surface area contributed by atoms with Gasteiger partial charge in [0.25, 0.3) is 0 Å². The lowest BCUT2D eigenvalue weighted by Gasteiger charge is -2.26. The van der Waals surface area contributed by atoms with Crippen LogP contribution in [0, 0.1) is 5.92 Å². The maximum absolute atomic E-state index is 9.82. The van der Waals surface area contributed by atoms with Gasteiger partial charge >= 0.3 is 0 Å². The molecule has 0 heterocycles. The summed E-state index contributed by atoms with van der Waals surface area (Å²) in [7, 11) is 0. The predicted molar refractivity (Wildman–Crippen MR) is 47.3 cm³/mol. The van der Waals surface area contributed by atoms with Crippen LogP contribution in [0.1, 0.15) is 26.7 Å². The average molecular weight is 152 g/mol. The summed E-state index contributed by atoms with van der Waals surface area (Å²) in [5.74, 6) is 0.625. The van der Waals surface area contributed by atoms with E-state index in [9.17, 15) is 5.11 Å². The monoisotopic (exact) mass is 152 g/mol. The molecule has 1 aliphatic carbocycles. The summed E-state index contributed by atoms with van der Waals surface area (Å²) < 4.78 is 0. The van der Waals surface area contributed by atoms with Gasteiger partial charge in [0, 0.05) is 0 Å². The van der Waals surface area contributed by atoms with Crippen molar-refractivity contribution in [2.75, 3.05) is 0 Å². The van der Waals surface area contributed by atoms with Crippen LogP contribution in [0.5, 0.6) is 0 Å². The maximum atomic E-state index is 9.82. The van der Waals surface area contributed by atoms with Crippen LogP contribution in [0.15, 0.2) is 24.3 Å². The van der Waals surface area contributed by atoms with Crippen LogP contribution >= 0.6 is 0 Å². The number of aliphatic hydroxyl groups is 1. The van der Waals surface area contributed by atoms with Crippen molar-refractivity contribution in [2.24, 2.45) is 5.92 Å². The van der Waals surface area contributed by atoms with Crippen LogP contribution in [-0.4, -0.2) is 10.7 Å². The minimum atomic E-state index is -0.652. The summed E-state index contributed by atoms with van der Waals surface area (Å²) in [4.78, 5) is 0. The fourth-order valence-electron chi connectivity index (χ4n) is 1.40. The van der Waals surface area contributed by atoms with Gasteiger partial charge in [0.1, 0.15) is 5.60 Å². The summed E-state index contributed by atoms with van der Waals surface area (Å²) in [6.45, 7) is 4.11. The molecule has 62 valence electrons. The molecular weight excluding hydrogens is 136 g/mol. The largest absolute Gasteiger partial charge is 0.382 e. The zero-order chi connectivity index (χ0) is 8.32. The number of hydrogen-bond donors (Lipinski definition) is 1. The lowest BCUT2D eigenvalue weighted by molar-refractivity contribution is 0.119. The van der Waals surface area contributed by atoms with Gasteiger partial charge in [-0.2, -0.15) is 0 Å². The third kappa shape index (κ3) is 2.19. The molecule has 1 heteroatoms. The van der Waals surface area contributed by atoms with E-state index in [0.717, 1.165) is 12.8 Å². The maximum Gasteiger partial charge on any atom is 0.101 e. The molecule has 1 rings (SSSR count). The number of allylic oxidation sites excluding steroid dienone is 2. The SMILES string of the molecule is C/C=C/C1(O)C=CC(C)CC1. The first-order chi connectivity index (χ1) is 5.16. The molecule has 1 nitrogen and oxygen atoms in total. The first-order valence-corrected chi connectivity index (χ1v) is 4.22. The van der Waals surface area contributed by atoms with Crippen molar-refractivity contribution in [3.8, 4) is 0 Å². The normalized spacial score (nSPS) is 38.3. The molecule has 0 saturated heterocycles. The van der Waals surface area contributed by atoms with E-state index in [1.807, 2.05) is 25.2 Å². The molecule has 0 aromatic carbocycles. The van der Waals surface area contributed by atoms with Gasteiger partial charge in [-0.3, -0.25) is 0 Å². The van der Waals surface area contributed by atoms with Crippen LogP contribution in [-0.2, 0) is 0 Å². The standard InChI is InChI=1S/C10H16O/c1-3-6-10(11)7-4-9(2)5-8-10/h3-4,6-7,9,11H,5,8H2,1-2H3/b6-3+. The highest BCUT2D eigenvalue weighted by Crippen LogP contribution is 2.26. The Morgan fingerprint density at radius 2 is 2.36 bits per heavy atom. The Morgan fingerprint density at radius 1 is 1.64 bits per heavy atom. The van der Waals surface area contributed by atoms with E-state index in [0.29, 0.717) is 5.92 Å². The second-order valence-corrected chi connectivity index (χ2v) is 3.37. The number of hydrogen-bond acceptors (Lipinski definition) is 1. The van der Waals surface area contributed by atoms with E-state index in [4.69, 9.17) is 0 Å². The van der Waals surface area contributed by atoms with Crippen LogP contribution in [0.4, 0.5) is 0 Å². The smallest absolute Gasteiger partial charge is 0.101 e. The molecule has 0 saturated carbocycles. The predicted octanol–water partition coefficient (Wildman–Crippen LogP) is 2.28. The summed E-state index contributed by atoms with van der Waals surface area (Å²) >= 11 is 0. The molecule has 2 atom stereocenters. The first kappa shape index (κ1) is 8.54. The highest BCUT2D eigenvalue weighted by Gasteiger charge is 2.23. The third-order valence-electron chi connectivity index (χ3n) is 2.17. The van der Waals surface area contributed by atoms with E-state index in [1.54, 1.807) is 0 Å². The minimum absolute atomic E-state index is 0.625. The average Bonchev–Trinajstić information content (AvgIpc) is 1.97. The molecule has 2 unspecified atom stereocenters. The molecule has 0 bridgehead atoms. The van der Waals surface area contributed by atoms with Crippen molar-refractivity contribution in [1.82, 2.24) is 0 Å². The van der Waals surface area contributed by atoms with Crippen molar-refractivity contribution in [2.45, 2.75) is 32.3 Å². The zero-order valence-corrected chi connectivity index (χ0v) is 7.25. The van der Waals surface area contributed by atoms with Gasteiger partial charge in [0.15, 0.2) is 0 Å². The summed E-state index contributed by atoms with van der Waals surface area (Å²) in [6, 6.07) is 0. The molecule has 0 spiro atoms. The van der Waals surface area contributed by atoms with E-state index in [2.05, 4.69) is 13.0 Å². The van der Waals surface area contributed by atoms with Crippen molar-refractivity contribution >= 4 is 0 Å². The number of rotatable bonds is 1. The summed E-state index contributed by atoms with van der Waals surface area (Å²) in [5.41, 5.74) is -0.652. The Labute approximate surface area is 68.4 Å². The zero-order valence-electron chi connectivity index (χ0n) is 7.25. The highest BCUT2D eigenvalue weighted by atomic mass is 16.3. The molecule has 1 N–H and O–H groups in total. The second kappa shape index (κ2) is 3.22. The Balaban J connectivity index is 2.67. The Bertz CT molecular complexity index is 181. The molecule has 0 aliphatic heterocycles. The highest BCUT2D eigenvalue weighted by molar-refractivity contribution is 5.16. The molecule has 0 aromatic rings. The fraction of sp³-hybridized carbons (Fsp3) is 0.600. The van der Waals surface area contributed by atoms with Gasteiger partial charge in [0.2, 0.25) is 0 Å². The van der Waals surface area contributed by atoms with Gasteiger partial charge < -0.3 is 5.11 Å². The van der Waals surface area contributed by atoms with Crippen molar-refractivity contribution in [1.29, 1.82) is 0 Å². The van der Waals surface area contributed by atoms with Crippen molar-refractivity contribution in [3.05, 3.63) is 24.3 Å². The molecule has 1 aliphatic rings. The van der Waals surface area contributed by atoms with E-state index < -0.39 is 5.60 Å². The van der Waals surface area contributed by atoms with Crippen LogP contribution in [0.2, 0.25) is 0 Å². The Hall–Kier alpha value is -0.560. The van der Waals surface area contributed by atoms with E-state index >= 15 is 0 Å². The van der Waals surface area contributed by atoms with Crippen LogP contribution in [0.3, 0.4) is 0 Å². The van der Waals surface area contributed by atoms with Crippen molar-refractivity contribution < 1.29 is 5.11 Å². The third-order valence-corrected chi connectivity index (χ3v) is 2.17. The molecule has 11 heavy (non-hydrogen) atoms. The molecule has 0 aromatic heterocycles. The second-order valence-electron chi connectivity index (χ2n) is 3.37. The minimum Gasteiger partial charge on any atom is -0.382 e. The summed E-state index contributed by atoms with van der Waals surface area (Å²) in [5, 5.41) is 9.82. The molecule has 0 amide bonds. The fourth-order valence-corrected chi connectivity index (χ4v) is 1.40. The van der Waals surface area contributed by atoms with E-state index in [-0.39, 0.29) is 0 Å². The van der Waals surface area contributed by atoms with Crippen molar-refractivity contribution in [3.63, 3.8) is 0 Å². The van der Waals surface area contributed by atoms with Gasteiger partial charge in [-0.15, -0.1) is 0 Å². The van der Waals surface area contributed by atoms with Gasteiger partial charge in [-0.25, -0.2) is 0 Å². The summed E-state index contributed by atoms with van der Waals surface area (Å²) in [6.07, 6.45) is 9.69. The Morgan fingerprint density at radius 3 is 2.82 bits per heavy atom. The quantitative estimate of drug-likeness (QED) is 0.571. The lowest BCUT2D eigenvalue weighted by atomic mass is 9.86. The first-order valence-electron chi connectivity index (χ1n) is 4.22. The Kier molecular flexibility index (Phi) is 2.50. The lowest BCUT2D eigenvalue weighted by Crippen LogP contribution is -2.26.